The molecule has 0 unspecified atom stereocenters. The van der Waals surface area contributed by atoms with Crippen molar-refractivity contribution in [3.8, 4) is 5.75 Å². The maximum absolute atomic E-state index is 12.3. The third-order valence-corrected chi connectivity index (χ3v) is 4.60. The topological polar surface area (TPSA) is 61.9 Å². The molecule has 26 heavy (non-hydrogen) atoms. The van der Waals surface area contributed by atoms with E-state index >= 15 is 0 Å². The highest BCUT2D eigenvalue weighted by Gasteiger charge is 2.21. The van der Waals surface area contributed by atoms with Crippen LogP contribution in [0.2, 0.25) is 0 Å². The molecule has 0 radical (unpaired) electrons. The summed E-state index contributed by atoms with van der Waals surface area (Å²) in [5.41, 5.74) is 2.08. The van der Waals surface area contributed by atoms with Gasteiger partial charge in [-0.1, -0.05) is 12.1 Å². The average Bonchev–Trinajstić information content (AvgIpc) is 2.80. The Morgan fingerprint density at radius 1 is 1.27 bits per heavy atom. The van der Waals surface area contributed by atoms with Crippen molar-refractivity contribution in [1.82, 2.24) is 15.1 Å². The van der Waals surface area contributed by atoms with E-state index in [1.54, 1.807) is 9.80 Å². The van der Waals surface area contributed by atoms with Crippen LogP contribution < -0.4 is 10.1 Å². The summed E-state index contributed by atoms with van der Waals surface area (Å²) in [5.74, 6) is 0.961. The summed E-state index contributed by atoms with van der Waals surface area (Å²) >= 11 is 0. The van der Waals surface area contributed by atoms with Crippen molar-refractivity contribution in [2.75, 3.05) is 20.2 Å². The van der Waals surface area contributed by atoms with Gasteiger partial charge in [0.05, 0.1) is 13.1 Å². The zero-order chi connectivity index (χ0) is 19.3. The van der Waals surface area contributed by atoms with E-state index in [2.05, 4.69) is 11.4 Å². The first-order valence-electron chi connectivity index (χ1n) is 9.33. The number of benzene rings is 1. The molecule has 0 saturated heterocycles. The number of aryl methyl sites for hydroxylation is 1. The number of nitrogens with zero attached hydrogens (tertiary/aromatic N) is 2. The highest BCUT2D eigenvalue weighted by Crippen LogP contribution is 2.25. The fourth-order valence-electron chi connectivity index (χ4n) is 2.83. The summed E-state index contributed by atoms with van der Waals surface area (Å²) in [4.78, 5) is 28.0. The molecule has 0 fully saturated rings. The van der Waals surface area contributed by atoms with Crippen LogP contribution in [0.15, 0.2) is 18.2 Å². The maximum atomic E-state index is 12.3. The molecule has 1 aliphatic heterocycles. The number of amides is 3. The Bertz CT molecular complexity index is 643. The first kappa shape index (κ1) is 20.1. The molecule has 2 rings (SSSR count). The smallest absolute Gasteiger partial charge is 0.318 e. The van der Waals surface area contributed by atoms with Gasteiger partial charge in [-0.15, -0.1) is 0 Å². The number of urea groups is 1. The molecule has 1 N–H and O–H groups in total. The Kier molecular flexibility index (Phi) is 6.89. The van der Waals surface area contributed by atoms with E-state index < -0.39 is 0 Å². The minimum absolute atomic E-state index is 0.0735. The molecule has 0 aromatic heterocycles. The van der Waals surface area contributed by atoms with Crippen LogP contribution in [0, 0.1) is 0 Å². The van der Waals surface area contributed by atoms with Crippen LogP contribution >= 0.6 is 0 Å². The quantitative estimate of drug-likeness (QED) is 0.877. The molecule has 0 aliphatic carbocycles. The molecule has 1 aromatic carbocycles. The molecule has 144 valence electrons. The van der Waals surface area contributed by atoms with E-state index in [-0.39, 0.29) is 24.0 Å². The van der Waals surface area contributed by atoms with Crippen LogP contribution in [0.5, 0.6) is 5.75 Å². The monoisotopic (exact) mass is 361 g/mol. The second kappa shape index (κ2) is 8.92. The van der Waals surface area contributed by atoms with Gasteiger partial charge in [-0.05, 0) is 45.7 Å². The lowest BCUT2D eigenvalue weighted by Gasteiger charge is -2.22. The number of ether oxygens (including phenoxy) is 1. The van der Waals surface area contributed by atoms with Gasteiger partial charge in [0.15, 0.2) is 0 Å². The Labute approximate surface area is 156 Å². The van der Waals surface area contributed by atoms with Crippen LogP contribution in [0.25, 0.3) is 0 Å². The van der Waals surface area contributed by atoms with Crippen LogP contribution in [-0.4, -0.2) is 54.0 Å². The van der Waals surface area contributed by atoms with E-state index in [1.807, 2.05) is 46.9 Å². The molecular weight excluding hydrogens is 330 g/mol. The minimum Gasteiger partial charge on any atom is -0.491 e. The molecule has 0 spiro atoms. The highest BCUT2D eigenvalue weighted by atomic mass is 16.5. The molecule has 0 bridgehead atoms. The van der Waals surface area contributed by atoms with Crippen molar-refractivity contribution in [1.29, 1.82) is 0 Å². The molecule has 6 heteroatoms. The Balaban J connectivity index is 2.05. The zero-order valence-corrected chi connectivity index (χ0v) is 16.5. The van der Waals surface area contributed by atoms with Gasteiger partial charge in [-0.25, -0.2) is 4.79 Å². The zero-order valence-electron chi connectivity index (χ0n) is 16.5. The normalized spacial score (nSPS) is 13.9. The number of hydrogen-bond donors (Lipinski definition) is 1. The lowest BCUT2D eigenvalue weighted by Crippen LogP contribution is -2.43. The Morgan fingerprint density at radius 2 is 2.00 bits per heavy atom. The van der Waals surface area contributed by atoms with Crippen molar-refractivity contribution < 1.29 is 14.3 Å². The van der Waals surface area contributed by atoms with Crippen molar-refractivity contribution in [3.63, 3.8) is 0 Å². The molecule has 3 amide bonds. The maximum Gasteiger partial charge on any atom is 0.318 e. The summed E-state index contributed by atoms with van der Waals surface area (Å²) in [5, 5.41) is 2.93. The summed E-state index contributed by atoms with van der Waals surface area (Å²) in [6.07, 6.45) is 1.16. The number of nitrogens with one attached hydrogen (secondary N) is 1. The first-order chi connectivity index (χ1) is 12.3. The van der Waals surface area contributed by atoms with Crippen molar-refractivity contribution in [2.45, 2.75) is 59.2 Å². The molecule has 0 saturated carbocycles. The third kappa shape index (κ3) is 5.38. The number of carbonyl (C=O) groups excluding carboxylic acids is 2. The summed E-state index contributed by atoms with van der Waals surface area (Å²) in [6, 6.07) is 6.24. The summed E-state index contributed by atoms with van der Waals surface area (Å²) in [7, 11) is 1.84. The van der Waals surface area contributed by atoms with Gasteiger partial charge in [-0.2, -0.15) is 0 Å². The van der Waals surface area contributed by atoms with Crippen LogP contribution in [0.3, 0.4) is 0 Å². The van der Waals surface area contributed by atoms with Gasteiger partial charge in [0.25, 0.3) is 0 Å². The van der Waals surface area contributed by atoms with Crippen molar-refractivity contribution in [2.24, 2.45) is 0 Å². The average molecular weight is 361 g/mol. The lowest BCUT2D eigenvalue weighted by atomic mass is 10.0. The van der Waals surface area contributed by atoms with E-state index in [9.17, 15) is 9.59 Å². The third-order valence-electron chi connectivity index (χ3n) is 4.60. The van der Waals surface area contributed by atoms with E-state index in [4.69, 9.17) is 4.74 Å². The molecular formula is C20H31N3O3. The van der Waals surface area contributed by atoms with Gasteiger partial charge in [0, 0.05) is 31.1 Å². The first-order valence-corrected chi connectivity index (χ1v) is 9.33. The number of hydrogen-bond acceptors (Lipinski definition) is 3. The predicted molar refractivity (Wildman–Crippen MR) is 102 cm³/mol. The van der Waals surface area contributed by atoms with E-state index in [0.29, 0.717) is 32.5 Å². The van der Waals surface area contributed by atoms with Gasteiger partial charge >= 0.3 is 6.03 Å². The fraction of sp³-hybridized carbons (Fsp3) is 0.600. The highest BCUT2D eigenvalue weighted by molar-refractivity contribution is 5.76. The molecule has 6 nitrogen and oxygen atoms in total. The second-order valence-corrected chi connectivity index (χ2v) is 7.41. The van der Waals surface area contributed by atoms with Crippen LogP contribution in [0.1, 0.15) is 45.2 Å². The largest absolute Gasteiger partial charge is 0.491 e. The Morgan fingerprint density at radius 3 is 2.65 bits per heavy atom. The van der Waals surface area contributed by atoms with Gasteiger partial charge in [0.2, 0.25) is 5.91 Å². The SMILES string of the molecule is CC(C)NC(=O)N1CCOc2ccc(CCC(=O)N(C)C(C)C)cc2C1. The van der Waals surface area contributed by atoms with E-state index in [0.717, 1.165) is 16.9 Å². The van der Waals surface area contributed by atoms with Crippen LogP contribution in [0.4, 0.5) is 4.79 Å². The van der Waals surface area contributed by atoms with Gasteiger partial charge in [-0.3, -0.25) is 4.79 Å². The van der Waals surface area contributed by atoms with Gasteiger partial charge < -0.3 is 19.9 Å². The summed E-state index contributed by atoms with van der Waals surface area (Å²) < 4.78 is 5.79. The number of carbonyl (C=O) groups is 2. The predicted octanol–water partition coefficient (Wildman–Crippen LogP) is 2.80. The van der Waals surface area contributed by atoms with Gasteiger partial charge in [0.1, 0.15) is 12.4 Å². The second-order valence-electron chi connectivity index (χ2n) is 7.41. The number of fused-ring (bicyclic) bond motifs is 1. The molecule has 1 aliphatic rings. The number of rotatable bonds is 5. The standard InChI is InChI=1S/C20H31N3O3/c1-14(2)21-20(25)23-10-11-26-18-8-6-16(12-17(18)13-23)7-9-19(24)22(5)15(3)4/h6,8,12,14-15H,7,9-11,13H2,1-5H3,(H,21,25). The lowest BCUT2D eigenvalue weighted by molar-refractivity contribution is -0.131. The molecule has 0 atom stereocenters. The van der Waals surface area contributed by atoms with Crippen molar-refractivity contribution in [3.05, 3.63) is 29.3 Å². The molecule has 1 aromatic rings. The fourth-order valence-corrected chi connectivity index (χ4v) is 2.83. The molecule has 1 heterocycles. The Hall–Kier alpha value is -2.24. The van der Waals surface area contributed by atoms with Crippen molar-refractivity contribution >= 4 is 11.9 Å². The van der Waals surface area contributed by atoms with E-state index in [1.165, 1.54) is 0 Å². The minimum atomic E-state index is -0.0735. The van der Waals surface area contributed by atoms with Crippen LogP contribution in [-0.2, 0) is 17.8 Å². The summed E-state index contributed by atoms with van der Waals surface area (Å²) in [6.45, 7) is 9.47.